The number of nitrogens with one attached hydrogen (secondary N) is 4. The molecule has 2 amide bonds. The van der Waals surface area contributed by atoms with Gasteiger partial charge in [0, 0.05) is 36.0 Å². The van der Waals surface area contributed by atoms with Crippen LogP contribution in [0, 0.1) is 5.92 Å². The summed E-state index contributed by atoms with van der Waals surface area (Å²) >= 11 is 0. The van der Waals surface area contributed by atoms with Gasteiger partial charge < -0.3 is 20.9 Å². The Morgan fingerprint density at radius 3 is 2.57 bits per heavy atom. The molecule has 1 fully saturated rings. The van der Waals surface area contributed by atoms with Gasteiger partial charge in [-0.05, 0) is 60.3 Å². The molecule has 35 heavy (non-hydrogen) atoms. The lowest BCUT2D eigenvalue weighted by Gasteiger charge is -2.25. The van der Waals surface area contributed by atoms with Crippen LogP contribution in [0.5, 0.6) is 0 Å². The van der Waals surface area contributed by atoms with Gasteiger partial charge in [0.1, 0.15) is 6.04 Å². The Hall–Kier alpha value is -3.64. The average molecular weight is 469 g/mol. The van der Waals surface area contributed by atoms with Crippen molar-refractivity contribution in [3.05, 3.63) is 84.1 Å². The maximum atomic E-state index is 13.3. The second-order valence-corrected chi connectivity index (χ2v) is 9.37. The van der Waals surface area contributed by atoms with E-state index >= 15 is 0 Å². The van der Waals surface area contributed by atoms with Crippen molar-refractivity contribution in [3.63, 3.8) is 0 Å². The monoisotopic (exact) mass is 468 g/mol. The number of piperidine rings is 1. The molecule has 0 radical (unpaired) electrons. The van der Waals surface area contributed by atoms with Crippen LogP contribution in [0.3, 0.4) is 0 Å². The molecule has 0 saturated carbocycles. The van der Waals surface area contributed by atoms with Gasteiger partial charge in [-0.15, -0.1) is 0 Å². The van der Waals surface area contributed by atoms with Gasteiger partial charge in [-0.3, -0.25) is 9.59 Å². The van der Waals surface area contributed by atoms with E-state index in [0.29, 0.717) is 13.0 Å². The number of rotatable bonds is 8. The van der Waals surface area contributed by atoms with E-state index in [4.69, 9.17) is 0 Å². The van der Waals surface area contributed by atoms with E-state index in [1.54, 1.807) is 0 Å². The summed E-state index contributed by atoms with van der Waals surface area (Å²) in [5.41, 5.74) is 3.30. The standard InChI is InChI=1S/C29H32N4O2/c34-28(22-11-14-30-15-12-22)33-27(18-20-9-10-21-5-1-2-6-23(21)17-20)29(35)31-16-13-24-19-32-26-8-4-3-7-25(24)26/h1-10,17,19,22,27,30,32H,11-16,18H2,(H,31,35)(H,33,34)/t27-/m1/s1. The molecule has 1 saturated heterocycles. The quantitative estimate of drug-likeness (QED) is 0.318. The number of carbonyl (C=O) groups excluding carboxylic acids is 2. The van der Waals surface area contributed by atoms with Gasteiger partial charge in [0.25, 0.3) is 0 Å². The largest absolute Gasteiger partial charge is 0.361 e. The minimum atomic E-state index is -0.610. The van der Waals surface area contributed by atoms with E-state index in [9.17, 15) is 9.59 Å². The Kier molecular flexibility index (Phi) is 7.09. The van der Waals surface area contributed by atoms with Crippen LogP contribution in [0.4, 0.5) is 0 Å². The number of carbonyl (C=O) groups is 2. The molecule has 0 aliphatic carbocycles. The van der Waals surface area contributed by atoms with E-state index in [1.165, 1.54) is 10.9 Å². The van der Waals surface area contributed by atoms with Crippen LogP contribution in [0.2, 0.25) is 0 Å². The molecule has 2 heterocycles. The molecule has 1 aliphatic rings. The number of hydrogen-bond donors (Lipinski definition) is 4. The number of H-pyrrole nitrogens is 1. The summed E-state index contributed by atoms with van der Waals surface area (Å²) in [6.45, 7) is 2.19. The molecule has 6 nitrogen and oxygen atoms in total. The lowest BCUT2D eigenvalue weighted by Crippen LogP contribution is -2.51. The maximum absolute atomic E-state index is 13.3. The molecule has 0 spiro atoms. The number of hydrogen-bond acceptors (Lipinski definition) is 3. The van der Waals surface area contributed by atoms with E-state index in [2.05, 4.69) is 51.3 Å². The van der Waals surface area contributed by atoms with Gasteiger partial charge in [0.15, 0.2) is 0 Å². The van der Waals surface area contributed by atoms with Gasteiger partial charge in [-0.1, -0.05) is 60.7 Å². The summed E-state index contributed by atoms with van der Waals surface area (Å²) in [5, 5.41) is 12.9. The first-order valence-corrected chi connectivity index (χ1v) is 12.5. The van der Waals surface area contributed by atoms with Crippen LogP contribution in [-0.4, -0.2) is 42.5 Å². The molecule has 1 aromatic heterocycles. The number of aromatic nitrogens is 1. The Labute approximate surface area is 205 Å². The van der Waals surface area contributed by atoms with Crippen molar-refractivity contribution < 1.29 is 9.59 Å². The highest BCUT2D eigenvalue weighted by atomic mass is 16.2. The van der Waals surface area contributed by atoms with Crippen molar-refractivity contribution in [1.29, 1.82) is 0 Å². The topological polar surface area (TPSA) is 86.0 Å². The first kappa shape index (κ1) is 23.1. The van der Waals surface area contributed by atoms with Crippen molar-refractivity contribution in [3.8, 4) is 0 Å². The van der Waals surface area contributed by atoms with E-state index in [1.807, 2.05) is 42.6 Å². The number of aromatic amines is 1. The molecular weight excluding hydrogens is 436 g/mol. The molecule has 1 aliphatic heterocycles. The van der Waals surface area contributed by atoms with Crippen molar-refractivity contribution in [1.82, 2.24) is 20.9 Å². The van der Waals surface area contributed by atoms with Gasteiger partial charge in [-0.2, -0.15) is 0 Å². The van der Waals surface area contributed by atoms with Gasteiger partial charge in [0.2, 0.25) is 11.8 Å². The predicted octanol–water partition coefficient (Wildman–Crippen LogP) is 3.71. The molecular formula is C29H32N4O2. The van der Waals surface area contributed by atoms with E-state index in [0.717, 1.165) is 54.2 Å². The molecule has 0 bridgehead atoms. The molecule has 4 aromatic rings. The first-order valence-electron chi connectivity index (χ1n) is 12.5. The summed E-state index contributed by atoms with van der Waals surface area (Å²) in [7, 11) is 0. The fourth-order valence-corrected chi connectivity index (χ4v) is 4.97. The van der Waals surface area contributed by atoms with Gasteiger partial charge in [0.05, 0.1) is 0 Å². The van der Waals surface area contributed by atoms with Crippen LogP contribution >= 0.6 is 0 Å². The lowest BCUT2D eigenvalue weighted by molar-refractivity contribution is -0.131. The zero-order chi connectivity index (χ0) is 24.0. The van der Waals surface area contributed by atoms with E-state index in [-0.39, 0.29) is 17.7 Å². The van der Waals surface area contributed by atoms with Gasteiger partial charge >= 0.3 is 0 Å². The Bertz CT molecular complexity index is 1320. The van der Waals surface area contributed by atoms with Crippen molar-refractivity contribution in [2.45, 2.75) is 31.7 Å². The van der Waals surface area contributed by atoms with Crippen LogP contribution < -0.4 is 16.0 Å². The van der Waals surface area contributed by atoms with Crippen LogP contribution in [0.15, 0.2) is 72.9 Å². The molecule has 6 heteroatoms. The fourth-order valence-electron chi connectivity index (χ4n) is 4.97. The predicted molar refractivity (Wildman–Crippen MR) is 140 cm³/mol. The average Bonchev–Trinajstić information content (AvgIpc) is 3.31. The van der Waals surface area contributed by atoms with E-state index < -0.39 is 6.04 Å². The highest BCUT2D eigenvalue weighted by molar-refractivity contribution is 5.89. The fraction of sp³-hybridized carbons (Fsp3) is 0.310. The van der Waals surface area contributed by atoms with Crippen molar-refractivity contribution in [2.24, 2.45) is 5.92 Å². The number of amides is 2. The Morgan fingerprint density at radius 2 is 1.71 bits per heavy atom. The Morgan fingerprint density at radius 1 is 0.943 bits per heavy atom. The second kappa shape index (κ2) is 10.7. The number of benzene rings is 3. The zero-order valence-electron chi connectivity index (χ0n) is 19.8. The van der Waals surface area contributed by atoms with Crippen molar-refractivity contribution in [2.75, 3.05) is 19.6 Å². The highest BCUT2D eigenvalue weighted by Crippen LogP contribution is 2.19. The minimum absolute atomic E-state index is 0.0240. The zero-order valence-corrected chi connectivity index (χ0v) is 19.8. The number of para-hydroxylation sites is 1. The molecule has 1 atom stereocenters. The smallest absolute Gasteiger partial charge is 0.242 e. The molecule has 0 unspecified atom stereocenters. The summed E-state index contributed by atoms with van der Waals surface area (Å²) in [6, 6.07) is 22.0. The lowest BCUT2D eigenvalue weighted by atomic mass is 9.95. The van der Waals surface area contributed by atoms with Crippen molar-refractivity contribution >= 4 is 33.5 Å². The summed E-state index contributed by atoms with van der Waals surface area (Å²) in [5.74, 6) is -0.210. The first-order chi connectivity index (χ1) is 17.2. The third kappa shape index (κ3) is 5.54. The SMILES string of the molecule is O=C(N[C@H](Cc1ccc2ccccc2c1)C(=O)NCCc1c[nH]c2ccccc12)C1CCNCC1. The molecule has 5 rings (SSSR count). The van der Waals surface area contributed by atoms with Gasteiger partial charge in [-0.25, -0.2) is 0 Å². The normalized spacial score (nSPS) is 15.2. The Balaban J connectivity index is 1.28. The second-order valence-electron chi connectivity index (χ2n) is 9.37. The summed E-state index contributed by atoms with van der Waals surface area (Å²) < 4.78 is 0. The molecule has 3 aromatic carbocycles. The molecule has 4 N–H and O–H groups in total. The van der Waals surface area contributed by atoms with Crippen LogP contribution in [0.1, 0.15) is 24.0 Å². The highest BCUT2D eigenvalue weighted by Gasteiger charge is 2.27. The third-order valence-corrected chi connectivity index (χ3v) is 6.97. The summed E-state index contributed by atoms with van der Waals surface area (Å²) in [4.78, 5) is 29.6. The maximum Gasteiger partial charge on any atom is 0.242 e. The summed E-state index contributed by atoms with van der Waals surface area (Å²) in [6.07, 6.45) is 4.79. The number of fused-ring (bicyclic) bond motifs is 2. The van der Waals surface area contributed by atoms with Crippen LogP contribution in [0.25, 0.3) is 21.7 Å². The van der Waals surface area contributed by atoms with Crippen LogP contribution in [-0.2, 0) is 22.4 Å². The third-order valence-electron chi connectivity index (χ3n) is 6.97. The minimum Gasteiger partial charge on any atom is -0.361 e. The molecule has 180 valence electrons.